The van der Waals surface area contributed by atoms with Crippen LogP contribution in [0.15, 0.2) is 55.1 Å². The lowest BCUT2D eigenvalue weighted by molar-refractivity contribution is -0.137. The highest BCUT2D eigenvalue weighted by atomic mass is 19.4. The third-order valence-electron chi connectivity index (χ3n) is 3.25. The van der Waals surface area contributed by atoms with Gasteiger partial charge in [0.2, 0.25) is 5.95 Å². The summed E-state index contributed by atoms with van der Waals surface area (Å²) in [5.41, 5.74) is -0.908. The molecule has 1 aromatic carbocycles. The first kappa shape index (κ1) is 18.0. The van der Waals surface area contributed by atoms with E-state index >= 15 is 0 Å². The fourth-order valence-electron chi connectivity index (χ4n) is 2.06. The Morgan fingerprint density at radius 1 is 0.963 bits per heavy atom. The van der Waals surface area contributed by atoms with Gasteiger partial charge in [-0.2, -0.15) is 18.3 Å². The van der Waals surface area contributed by atoms with E-state index in [1.54, 1.807) is 6.07 Å². The fourth-order valence-corrected chi connectivity index (χ4v) is 2.06. The number of nitrogens with zero attached hydrogens (tertiary/aromatic N) is 4. The summed E-state index contributed by atoms with van der Waals surface area (Å²) in [7, 11) is 0. The second kappa shape index (κ2) is 7.23. The minimum atomic E-state index is -4.56. The number of rotatable bonds is 3. The van der Waals surface area contributed by atoms with Crippen LogP contribution in [-0.4, -0.2) is 31.6 Å². The Hall–Kier alpha value is -3.76. The summed E-state index contributed by atoms with van der Waals surface area (Å²) < 4.78 is 39.3. The van der Waals surface area contributed by atoms with Crippen molar-refractivity contribution in [1.82, 2.24) is 19.7 Å². The number of anilines is 2. The molecule has 0 bridgehead atoms. The molecule has 0 fully saturated rings. The van der Waals surface area contributed by atoms with Crippen LogP contribution in [0.25, 0.3) is 5.95 Å². The first-order valence-corrected chi connectivity index (χ1v) is 7.44. The van der Waals surface area contributed by atoms with Crippen LogP contribution in [-0.2, 0) is 15.8 Å². The number of carbonyl (C=O) groups is 2. The van der Waals surface area contributed by atoms with Crippen molar-refractivity contribution in [2.45, 2.75) is 6.18 Å². The largest absolute Gasteiger partial charge is 0.416 e. The minimum absolute atomic E-state index is 0.154. The van der Waals surface area contributed by atoms with Gasteiger partial charge in [-0.15, -0.1) is 0 Å². The van der Waals surface area contributed by atoms with Gasteiger partial charge in [-0.05, 0) is 24.3 Å². The van der Waals surface area contributed by atoms with Gasteiger partial charge in [0.25, 0.3) is 0 Å². The molecule has 3 aromatic rings. The van der Waals surface area contributed by atoms with Crippen molar-refractivity contribution in [3.63, 3.8) is 0 Å². The van der Waals surface area contributed by atoms with Gasteiger partial charge in [0.05, 0.1) is 23.6 Å². The fraction of sp³-hybridized carbons (Fsp3) is 0.0625. The first-order chi connectivity index (χ1) is 12.8. The average molecular weight is 376 g/mol. The van der Waals surface area contributed by atoms with Crippen LogP contribution in [0.5, 0.6) is 0 Å². The highest BCUT2D eigenvalue weighted by Crippen LogP contribution is 2.30. The average Bonchev–Trinajstić information content (AvgIpc) is 3.10. The molecule has 27 heavy (non-hydrogen) atoms. The lowest BCUT2D eigenvalue weighted by atomic mass is 10.2. The second-order valence-corrected chi connectivity index (χ2v) is 5.21. The molecule has 0 saturated heterocycles. The molecule has 2 N–H and O–H groups in total. The Labute approximate surface area is 150 Å². The maximum Gasteiger partial charge on any atom is 0.416 e. The first-order valence-electron chi connectivity index (χ1n) is 7.44. The zero-order valence-corrected chi connectivity index (χ0v) is 13.4. The lowest BCUT2D eigenvalue weighted by Crippen LogP contribution is -2.29. The van der Waals surface area contributed by atoms with Crippen molar-refractivity contribution in [3.8, 4) is 5.95 Å². The van der Waals surface area contributed by atoms with Crippen LogP contribution < -0.4 is 10.6 Å². The number of benzene rings is 1. The number of carbonyl (C=O) groups excluding carboxylic acids is 2. The molecule has 2 aromatic heterocycles. The molecule has 0 saturated carbocycles. The Morgan fingerprint density at radius 2 is 1.63 bits per heavy atom. The third-order valence-corrected chi connectivity index (χ3v) is 3.25. The maximum absolute atomic E-state index is 12.7. The van der Waals surface area contributed by atoms with Gasteiger partial charge in [-0.3, -0.25) is 9.59 Å². The van der Waals surface area contributed by atoms with Gasteiger partial charge in [-0.25, -0.2) is 14.6 Å². The SMILES string of the molecule is O=C(Nc1cccc(C(F)(F)F)c1)C(=O)Nc1cnn(-c2ncccn2)c1. The van der Waals surface area contributed by atoms with Crippen molar-refractivity contribution in [1.29, 1.82) is 0 Å². The minimum Gasteiger partial charge on any atom is -0.318 e. The Balaban J connectivity index is 1.65. The Morgan fingerprint density at radius 3 is 2.30 bits per heavy atom. The van der Waals surface area contributed by atoms with E-state index < -0.39 is 23.6 Å². The number of hydrogen-bond donors (Lipinski definition) is 2. The molecule has 0 aliphatic carbocycles. The standard InChI is InChI=1S/C16H11F3N6O2/c17-16(18,19)10-3-1-4-11(7-10)23-13(26)14(27)24-12-8-22-25(9-12)15-20-5-2-6-21-15/h1-9H,(H,23,26)(H,24,27). The molecule has 8 nitrogen and oxygen atoms in total. The van der Waals surface area contributed by atoms with Gasteiger partial charge in [0.1, 0.15) is 0 Å². The van der Waals surface area contributed by atoms with Gasteiger partial charge < -0.3 is 10.6 Å². The summed E-state index contributed by atoms with van der Waals surface area (Å²) >= 11 is 0. The number of amides is 2. The zero-order valence-electron chi connectivity index (χ0n) is 13.4. The van der Waals surface area contributed by atoms with Crippen molar-refractivity contribution in [2.24, 2.45) is 0 Å². The molecule has 2 amide bonds. The van der Waals surface area contributed by atoms with E-state index in [1.165, 1.54) is 35.5 Å². The molecule has 0 spiro atoms. The van der Waals surface area contributed by atoms with E-state index in [9.17, 15) is 22.8 Å². The normalized spacial score (nSPS) is 11.1. The number of nitrogens with one attached hydrogen (secondary N) is 2. The highest BCUT2D eigenvalue weighted by Gasteiger charge is 2.30. The topological polar surface area (TPSA) is 102 Å². The number of aromatic nitrogens is 4. The molecule has 138 valence electrons. The van der Waals surface area contributed by atoms with Crippen LogP contribution in [0.4, 0.5) is 24.5 Å². The predicted molar refractivity (Wildman–Crippen MR) is 87.9 cm³/mol. The Bertz CT molecular complexity index is 972. The van der Waals surface area contributed by atoms with Gasteiger partial charge >= 0.3 is 18.0 Å². The summed E-state index contributed by atoms with van der Waals surface area (Å²) in [5.74, 6) is -1.94. The van der Waals surface area contributed by atoms with E-state index in [0.717, 1.165) is 18.2 Å². The van der Waals surface area contributed by atoms with E-state index in [2.05, 4.69) is 25.7 Å². The van der Waals surface area contributed by atoms with E-state index in [1.807, 2.05) is 0 Å². The summed E-state index contributed by atoms with van der Waals surface area (Å²) in [6, 6.07) is 5.57. The van der Waals surface area contributed by atoms with Crippen LogP contribution in [0, 0.1) is 0 Å². The van der Waals surface area contributed by atoms with Crippen LogP contribution in [0.2, 0.25) is 0 Å². The second-order valence-electron chi connectivity index (χ2n) is 5.21. The van der Waals surface area contributed by atoms with Gasteiger partial charge in [0, 0.05) is 18.1 Å². The van der Waals surface area contributed by atoms with Gasteiger partial charge in [0.15, 0.2) is 0 Å². The summed E-state index contributed by atoms with van der Waals surface area (Å²) in [6.45, 7) is 0. The van der Waals surface area contributed by atoms with Crippen molar-refractivity contribution >= 4 is 23.2 Å². The van der Waals surface area contributed by atoms with Crippen LogP contribution >= 0.6 is 0 Å². The molecule has 0 aliphatic rings. The van der Waals surface area contributed by atoms with Crippen molar-refractivity contribution in [2.75, 3.05) is 10.6 Å². The maximum atomic E-state index is 12.7. The number of alkyl halides is 3. The summed E-state index contributed by atoms with van der Waals surface area (Å²) in [4.78, 5) is 31.8. The molecule has 0 radical (unpaired) electrons. The molecule has 2 heterocycles. The lowest BCUT2D eigenvalue weighted by Gasteiger charge is -2.09. The molecule has 0 atom stereocenters. The highest BCUT2D eigenvalue weighted by molar-refractivity contribution is 6.43. The summed E-state index contributed by atoms with van der Waals surface area (Å²) in [6.07, 6.45) is 1.10. The molecular weight excluding hydrogens is 365 g/mol. The third kappa shape index (κ3) is 4.45. The summed E-state index contributed by atoms with van der Waals surface area (Å²) in [5, 5.41) is 8.34. The van der Waals surface area contributed by atoms with Crippen LogP contribution in [0.1, 0.15) is 5.56 Å². The molecule has 0 aliphatic heterocycles. The number of halogens is 3. The monoisotopic (exact) mass is 376 g/mol. The van der Waals surface area contributed by atoms with Crippen molar-refractivity contribution in [3.05, 3.63) is 60.7 Å². The van der Waals surface area contributed by atoms with E-state index in [0.29, 0.717) is 0 Å². The van der Waals surface area contributed by atoms with Crippen LogP contribution in [0.3, 0.4) is 0 Å². The number of hydrogen-bond acceptors (Lipinski definition) is 5. The predicted octanol–water partition coefficient (Wildman–Crippen LogP) is 2.26. The van der Waals surface area contributed by atoms with E-state index in [4.69, 9.17) is 0 Å². The van der Waals surface area contributed by atoms with E-state index in [-0.39, 0.29) is 17.3 Å². The molecule has 0 unspecified atom stereocenters. The quantitative estimate of drug-likeness (QED) is 0.683. The molecule has 3 rings (SSSR count). The zero-order chi connectivity index (χ0) is 19.4. The Kier molecular flexibility index (Phi) is 4.83. The molecule has 11 heteroatoms. The molecular formula is C16H11F3N6O2. The van der Waals surface area contributed by atoms with Gasteiger partial charge in [-0.1, -0.05) is 6.07 Å². The van der Waals surface area contributed by atoms with Crippen molar-refractivity contribution < 1.29 is 22.8 Å². The smallest absolute Gasteiger partial charge is 0.318 e.